The molecule has 0 saturated heterocycles. The maximum Gasteiger partial charge on any atom is 0.218 e. The predicted octanol–water partition coefficient (Wildman–Crippen LogP) is 2.24. The molecule has 1 aromatic heterocycles. The van der Waals surface area contributed by atoms with Gasteiger partial charge in [-0.05, 0) is 17.7 Å². The van der Waals surface area contributed by atoms with Crippen molar-refractivity contribution in [3.05, 3.63) is 48.0 Å². The van der Waals surface area contributed by atoms with E-state index in [0.29, 0.717) is 18.2 Å². The second kappa shape index (κ2) is 5.25. The number of nitrogens with zero attached hydrogens (tertiary/aromatic N) is 2. The minimum Gasteiger partial charge on any atom is -0.481 e. The molecule has 0 radical (unpaired) electrons. The Labute approximate surface area is 98.5 Å². The van der Waals surface area contributed by atoms with Crippen molar-refractivity contribution in [2.24, 2.45) is 0 Å². The lowest BCUT2D eigenvalue weighted by molar-refractivity contribution is 0.397. The summed E-state index contributed by atoms with van der Waals surface area (Å²) < 4.78 is 17.9. The number of hydrogen-bond acceptors (Lipinski definition) is 4. The Morgan fingerprint density at radius 1 is 1.29 bits per heavy atom. The zero-order valence-electron chi connectivity index (χ0n) is 9.35. The van der Waals surface area contributed by atoms with Crippen molar-refractivity contribution in [3.8, 4) is 5.88 Å². The lowest BCUT2D eigenvalue weighted by Gasteiger charge is -2.06. The van der Waals surface area contributed by atoms with E-state index in [4.69, 9.17) is 4.74 Å². The summed E-state index contributed by atoms with van der Waals surface area (Å²) in [6.07, 6.45) is 1.41. The van der Waals surface area contributed by atoms with Gasteiger partial charge in [0.15, 0.2) is 0 Å². The topological polar surface area (TPSA) is 47.0 Å². The first-order valence-electron chi connectivity index (χ1n) is 5.12. The molecule has 0 unspecified atom stereocenters. The third kappa shape index (κ3) is 3.14. The van der Waals surface area contributed by atoms with E-state index in [-0.39, 0.29) is 5.82 Å². The first kappa shape index (κ1) is 11.3. The summed E-state index contributed by atoms with van der Waals surface area (Å²) in [5.74, 6) is 0.882. The minimum absolute atomic E-state index is 0.246. The minimum atomic E-state index is -0.246. The van der Waals surface area contributed by atoms with E-state index >= 15 is 0 Å². The molecule has 1 aromatic carbocycles. The Bertz CT molecular complexity index is 505. The van der Waals surface area contributed by atoms with Crippen LogP contribution in [0.25, 0.3) is 0 Å². The van der Waals surface area contributed by atoms with Crippen molar-refractivity contribution in [1.82, 2.24) is 9.97 Å². The van der Waals surface area contributed by atoms with Crippen LogP contribution in [0.4, 0.5) is 10.2 Å². The maximum absolute atomic E-state index is 12.9. The lowest BCUT2D eigenvalue weighted by atomic mass is 10.2. The van der Waals surface area contributed by atoms with E-state index in [1.165, 1.54) is 18.5 Å². The van der Waals surface area contributed by atoms with Crippen LogP contribution in [0.5, 0.6) is 5.88 Å². The fourth-order valence-corrected chi connectivity index (χ4v) is 1.39. The number of benzene rings is 1. The third-order valence-corrected chi connectivity index (χ3v) is 2.21. The Morgan fingerprint density at radius 2 is 2.18 bits per heavy atom. The smallest absolute Gasteiger partial charge is 0.218 e. The molecule has 1 N–H and O–H groups in total. The highest BCUT2D eigenvalue weighted by Gasteiger charge is 1.99. The van der Waals surface area contributed by atoms with Gasteiger partial charge in [0.2, 0.25) is 5.88 Å². The first-order valence-corrected chi connectivity index (χ1v) is 5.12. The van der Waals surface area contributed by atoms with Crippen molar-refractivity contribution < 1.29 is 9.13 Å². The number of methoxy groups -OCH3 is 1. The highest BCUT2D eigenvalue weighted by Crippen LogP contribution is 2.11. The second-order valence-electron chi connectivity index (χ2n) is 3.43. The molecule has 0 aliphatic carbocycles. The summed E-state index contributed by atoms with van der Waals surface area (Å²) in [4.78, 5) is 7.92. The highest BCUT2D eigenvalue weighted by atomic mass is 19.1. The summed E-state index contributed by atoms with van der Waals surface area (Å²) in [5.41, 5.74) is 0.850. The van der Waals surface area contributed by atoms with Crippen molar-refractivity contribution in [1.29, 1.82) is 0 Å². The van der Waals surface area contributed by atoms with Crippen LogP contribution in [0.1, 0.15) is 5.56 Å². The van der Waals surface area contributed by atoms with Gasteiger partial charge in [-0.15, -0.1) is 0 Å². The highest BCUT2D eigenvalue weighted by molar-refractivity contribution is 5.38. The van der Waals surface area contributed by atoms with Gasteiger partial charge >= 0.3 is 0 Å². The largest absolute Gasteiger partial charge is 0.481 e. The van der Waals surface area contributed by atoms with E-state index in [0.717, 1.165) is 5.56 Å². The SMILES string of the molecule is COc1cc(NCc2cccc(F)c2)ncn1. The third-order valence-electron chi connectivity index (χ3n) is 2.21. The summed E-state index contributed by atoms with van der Waals surface area (Å²) in [6.45, 7) is 0.498. The molecule has 0 amide bonds. The molecule has 0 fully saturated rings. The van der Waals surface area contributed by atoms with E-state index < -0.39 is 0 Å². The average Bonchev–Trinajstić information content (AvgIpc) is 2.37. The zero-order chi connectivity index (χ0) is 12.1. The van der Waals surface area contributed by atoms with Crippen LogP contribution in [-0.2, 0) is 6.54 Å². The standard InChI is InChI=1S/C12H12FN3O/c1-17-12-6-11(15-8-16-12)14-7-9-3-2-4-10(13)5-9/h2-6,8H,7H2,1H3,(H,14,15,16). The normalized spacial score (nSPS) is 10.0. The quantitative estimate of drug-likeness (QED) is 0.879. The molecule has 0 aliphatic heterocycles. The summed E-state index contributed by atoms with van der Waals surface area (Å²) in [5, 5.41) is 3.07. The summed E-state index contributed by atoms with van der Waals surface area (Å²) in [7, 11) is 1.54. The Morgan fingerprint density at radius 3 is 2.94 bits per heavy atom. The van der Waals surface area contributed by atoms with Crippen LogP contribution in [-0.4, -0.2) is 17.1 Å². The number of aromatic nitrogens is 2. The van der Waals surface area contributed by atoms with Gasteiger partial charge in [-0.3, -0.25) is 0 Å². The molecule has 0 saturated carbocycles. The number of ether oxygens (including phenoxy) is 1. The van der Waals surface area contributed by atoms with Gasteiger partial charge in [0, 0.05) is 12.6 Å². The monoisotopic (exact) mass is 233 g/mol. The van der Waals surface area contributed by atoms with Crippen molar-refractivity contribution >= 4 is 5.82 Å². The number of hydrogen-bond donors (Lipinski definition) is 1. The zero-order valence-corrected chi connectivity index (χ0v) is 9.35. The molecule has 1 heterocycles. The molecular formula is C12H12FN3O. The van der Waals surface area contributed by atoms with Crippen LogP contribution < -0.4 is 10.1 Å². The van der Waals surface area contributed by atoms with E-state index in [9.17, 15) is 4.39 Å². The van der Waals surface area contributed by atoms with Crippen LogP contribution in [0.3, 0.4) is 0 Å². The predicted molar refractivity (Wildman–Crippen MR) is 62.3 cm³/mol. The fraction of sp³-hybridized carbons (Fsp3) is 0.167. The molecule has 0 spiro atoms. The molecule has 17 heavy (non-hydrogen) atoms. The molecule has 88 valence electrons. The van der Waals surface area contributed by atoms with E-state index in [1.807, 2.05) is 6.07 Å². The van der Waals surface area contributed by atoms with Gasteiger partial charge in [0.25, 0.3) is 0 Å². The Hall–Kier alpha value is -2.17. The molecule has 2 rings (SSSR count). The van der Waals surface area contributed by atoms with Gasteiger partial charge in [-0.25, -0.2) is 14.4 Å². The number of nitrogens with one attached hydrogen (secondary N) is 1. The number of anilines is 1. The lowest BCUT2D eigenvalue weighted by Crippen LogP contribution is -2.02. The van der Waals surface area contributed by atoms with Gasteiger partial charge in [-0.1, -0.05) is 12.1 Å². The van der Waals surface area contributed by atoms with E-state index in [2.05, 4.69) is 15.3 Å². The molecule has 0 atom stereocenters. The van der Waals surface area contributed by atoms with Gasteiger partial charge in [0.05, 0.1) is 7.11 Å². The molecular weight excluding hydrogens is 221 g/mol. The van der Waals surface area contributed by atoms with Gasteiger partial charge in [-0.2, -0.15) is 0 Å². The first-order chi connectivity index (χ1) is 8.28. The van der Waals surface area contributed by atoms with Crippen molar-refractivity contribution in [3.63, 3.8) is 0 Å². The number of halogens is 1. The maximum atomic E-state index is 12.9. The summed E-state index contributed by atoms with van der Waals surface area (Å²) >= 11 is 0. The molecule has 4 nitrogen and oxygen atoms in total. The van der Waals surface area contributed by atoms with Crippen LogP contribution in [0, 0.1) is 5.82 Å². The fourth-order valence-electron chi connectivity index (χ4n) is 1.39. The second-order valence-corrected chi connectivity index (χ2v) is 3.43. The van der Waals surface area contributed by atoms with E-state index in [1.54, 1.807) is 19.2 Å². The average molecular weight is 233 g/mol. The van der Waals surface area contributed by atoms with Crippen LogP contribution in [0.2, 0.25) is 0 Å². The van der Waals surface area contributed by atoms with Crippen molar-refractivity contribution in [2.75, 3.05) is 12.4 Å². The van der Waals surface area contributed by atoms with Crippen LogP contribution >= 0.6 is 0 Å². The molecule has 0 aliphatic rings. The molecule has 0 bridgehead atoms. The summed E-state index contributed by atoms with van der Waals surface area (Å²) in [6, 6.07) is 8.09. The number of rotatable bonds is 4. The van der Waals surface area contributed by atoms with Crippen LogP contribution in [0.15, 0.2) is 36.7 Å². The Balaban J connectivity index is 2.02. The van der Waals surface area contributed by atoms with Crippen molar-refractivity contribution in [2.45, 2.75) is 6.54 Å². The molecule has 2 aromatic rings. The van der Waals surface area contributed by atoms with Gasteiger partial charge in [0.1, 0.15) is 18.0 Å². The van der Waals surface area contributed by atoms with Gasteiger partial charge < -0.3 is 10.1 Å². The molecule has 5 heteroatoms. The Kier molecular flexibility index (Phi) is 3.49.